The van der Waals surface area contributed by atoms with Crippen molar-refractivity contribution in [1.29, 1.82) is 0 Å². The van der Waals surface area contributed by atoms with Gasteiger partial charge in [-0.3, -0.25) is 0 Å². The van der Waals surface area contributed by atoms with Crippen LogP contribution in [0.3, 0.4) is 0 Å². The lowest BCUT2D eigenvalue weighted by atomic mass is 9.94. The van der Waals surface area contributed by atoms with E-state index in [1.54, 1.807) is 12.1 Å². The van der Waals surface area contributed by atoms with Crippen molar-refractivity contribution in [3.8, 4) is 0 Å². The monoisotopic (exact) mass is 341 g/mol. The molecular weight excluding hydrogens is 318 g/mol. The third-order valence-electron chi connectivity index (χ3n) is 4.61. The summed E-state index contributed by atoms with van der Waals surface area (Å²) in [7, 11) is -3.65. The van der Waals surface area contributed by atoms with Gasteiger partial charge < -0.3 is 0 Å². The van der Waals surface area contributed by atoms with Crippen LogP contribution in [-0.4, -0.2) is 14.1 Å². The number of aryl methyl sites for hydroxylation is 1. The van der Waals surface area contributed by atoms with Crippen molar-refractivity contribution in [3.05, 3.63) is 65.2 Å². The predicted octanol–water partition coefficient (Wildman–Crippen LogP) is 4.65. The fourth-order valence-electron chi connectivity index (χ4n) is 3.28. The van der Waals surface area contributed by atoms with Gasteiger partial charge in [-0.05, 0) is 36.6 Å². The first kappa shape index (κ1) is 16.9. The predicted molar refractivity (Wildman–Crippen MR) is 98.2 cm³/mol. The normalized spacial score (nSPS) is 18.8. The highest BCUT2D eigenvalue weighted by Gasteiger charge is 2.29. The molecule has 0 radical (unpaired) electrons. The van der Waals surface area contributed by atoms with Crippen LogP contribution in [0.2, 0.25) is 0 Å². The lowest BCUT2D eigenvalue weighted by Gasteiger charge is -2.12. The molecule has 2 aromatic rings. The molecule has 0 heterocycles. The molecule has 1 atom stereocenters. The maximum Gasteiger partial charge on any atom is 0.282 e. The van der Waals surface area contributed by atoms with E-state index in [1.807, 2.05) is 31.2 Å². The molecule has 0 N–H and O–H groups in total. The largest absolute Gasteiger partial charge is 0.282 e. The van der Waals surface area contributed by atoms with E-state index < -0.39 is 10.0 Å². The third kappa shape index (κ3) is 3.44. The molecule has 0 spiro atoms. The Morgan fingerprint density at radius 1 is 1.08 bits per heavy atom. The van der Waals surface area contributed by atoms with Crippen molar-refractivity contribution in [2.45, 2.75) is 50.3 Å². The van der Waals surface area contributed by atoms with Crippen molar-refractivity contribution < 1.29 is 8.42 Å². The zero-order valence-electron chi connectivity index (χ0n) is 14.2. The molecule has 126 valence electrons. The minimum absolute atomic E-state index is 0.126. The molecule has 0 unspecified atom stereocenters. The topological polar surface area (TPSA) is 46.5 Å². The van der Waals surface area contributed by atoms with Gasteiger partial charge in [-0.15, -0.1) is 0 Å². The molecule has 0 saturated carbocycles. The molecule has 0 saturated heterocycles. The van der Waals surface area contributed by atoms with Crippen molar-refractivity contribution in [2.24, 2.45) is 4.40 Å². The molecule has 1 aliphatic carbocycles. The van der Waals surface area contributed by atoms with Crippen molar-refractivity contribution >= 4 is 15.7 Å². The van der Waals surface area contributed by atoms with Gasteiger partial charge in [0.2, 0.25) is 0 Å². The van der Waals surface area contributed by atoms with E-state index in [1.165, 1.54) is 11.1 Å². The number of hydrogen-bond acceptors (Lipinski definition) is 2. The van der Waals surface area contributed by atoms with Gasteiger partial charge in [0.1, 0.15) is 0 Å². The summed E-state index contributed by atoms with van der Waals surface area (Å²) in [5.74, 6) is 0.126. The molecule has 4 heteroatoms. The Bertz CT molecular complexity index is 851. The summed E-state index contributed by atoms with van der Waals surface area (Å²) in [6.45, 7) is 4.09. The average molecular weight is 341 g/mol. The number of nitrogens with zero attached hydrogens (tertiary/aromatic N) is 1. The third-order valence-corrected chi connectivity index (χ3v) is 5.95. The molecule has 3 rings (SSSR count). The lowest BCUT2D eigenvalue weighted by Crippen LogP contribution is -2.11. The summed E-state index contributed by atoms with van der Waals surface area (Å²) in [5, 5.41) is 0. The Labute approximate surface area is 144 Å². The van der Waals surface area contributed by atoms with Gasteiger partial charge in [0.25, 0.3) is 10.0 Å². The first-order valence-corrected chi connectivity index (χ1v) is 9.93. The number of unbranched alkanes of at least 4 members (excludes halogenated alkanes) is 1. The second-order valence-electron chi connectivity index (χ2n) is 6.44. The first-order valence-electron chi connectivity index (χ1n) is 8.49. The highest BCUT2D eigenvalue weighted by atomic mass is 32.2. The highest BCUT2D eigenvalue weighted by molar-refractivity contribution is 7.90. The summed E-state index contributed by atoms with van der Waals surface area (Å²) in [6, 6.07) is 15.1. The van der Waals surface area contributed by atoms with Crippen molar-refractivity contribution in [1.82, 2.24) is 0 Å². The molecule has 0 fully saturated rings. The first-order chi connectivity index (χ1) is 11.5. The number of hydrogen-bond donors (Lipinski definition) is 0. The SMILES string of the molecule is CCCC[C@@H]1/C(=N\S(=O)(=O)c2ccc(C)cc2)Cc2ccccc21. The second-order valence-corrected chi connectivity index (χ2v) is 8.05. The maximum atomic E-state index is 12.7. The van der Waals surface area contributed by atoms with Crippen molar-refractivity contribution in [2.75, 3.05) is 0 Å². The minimum atomic E-state index is -3.65. The molecule has 0 bridgehead atoms. The smallest absolute Gasteiger partial charge is 0.199 e. The summed E-state index contributed by atoms with van der Waals surface area (Å²) in [4.78, 5) is 0.269. The Morgan fingerprint density at radius 2 is 1.79 bits per heavy atom. The molecule has 0 aromatic heterocycles. The molecule has 1 aliphatic rings. The Balaban J connectivity index is 1.97. The van der Waals surface area contributed by atoms with Crippen LogP contribution in [0.15, 0.2) is 57.8 Å². The van der Waals surface area contributed by atoms with Crippen LogP contribution in [0.1, 0.15) is 48.8 Å². The van der Waals surface area contributed by atoms with Crippen LogP contribution in [0.5, 0.6) is 0 Å². The second kappa shape index (κ2) is 6.89. The Morgan fingerprint density at radius 3 is 2.50 bits per heavy atom. The van der Waals surface area contributed by atoms with Crippen LogP contribution >= 0.6 is 0 Å². The number of rotatable bonds is 5. The van der Waals surface area contributed by atoms with E-state index >= 15 is 0 Å². The van der Waals surface area contributed by atoms with Crippen LogP contribution < -0.4 is 0 Å². The minimum Gasteiger partial charge on any atom is -0.199 e. The van der Waals surface area contributed by atoms with Gasteiger partial charge in [0.05, 0.1) is 4.90 Å². The highest BCUT2D eigenvalue weighted by Crippen LogP contribution is 2.35. The summed E-state index contributed by atoms with van der Waals surface area (Å²) in [6.07, 6.45) is 3.75. The zero-order valence-corrected chi connectivity index (χ0v) is 15.0. The molecule has 3 nitrogen and oxygen atoms in total. The fourth-order valence-corrected chi connectivity index (χ4v) is 4.36. The van der Waals surface area contributed by atoms with Crippen LogP contribution in [0.4, 0.5) is 0 Å². The molecule has 2 aromatic carbocycles. The van der Waals surface area contributed by atoms with Gasteiger partial charge in [0, 0.05) is 18.1 Å². The van der Waals surface area contributed by atoms with Gasteiger partial charge in [-0.1, -0.05) is 61.7 Å². The molecule has 0 amide bonds. The average Bonchev–Trinajstić information content (AvgIpc) is 2.89. The Hall–Kier alpha value is -1.94. The molecule has 0 aliphatic heterocycles. The van der Waals surface area contributed by atoms with Gasteiger partial charge in [0.15, 0.2) is 0 Å². The van der Waals surface area contributed by atoms with E-state index in [-0.39, 0.29) is 10.8 Å². The Kier molecular flexibility index (Phi) is 4.86. The summed E-state index contributed by atoms with van der Waals surface area (Å²) in [5.41, 5.74) is 4.26. The molecular formula is C20H23NO2S. The quantitative estimate of drug-likeness (QED) is 0.794. The van der Waals surface area contributed by atoms with Crippen LogP contribution in [-0.2, 0) is 16.4 Å². The zero-order chi connectivity index (χ0) is 17.2. The number of fused-ring (bicyclic) bond motifs is 1. The summed E-state index contributed by atoms with van der Waals surface area (Å²) < 4.78 is 29.6. The standard InChI is InChI=1S/C20H23NO2S/c1-3-4-8-19-18-9-6-5-7-16(18)14-20(19)21-24(22,23)17-12-10-15(2)11-13-17/h5-7,9-13,19H,3-4,8,14H2,1-2H3/b21-20-/t19-/m0/s1. The van der Waals surface area contributed by atoms with E-state index in [9.17, 15) is 8.42 Å². The van der Waals surface area contributed by atoms with E-state index in [4.69, 9.17) is 0 Å². The van der Waals surface area contributed by atoms with Crippen molar-refractivity contribution in [3.63, 3.8) is 0 Å². The van der Waals surface area contributed by atoms with Gasteiger partial charge in [-0.25, -0.2) is 0 Å². The van der Waals surface area contributed by atoms with Crippen LogP contribution in [0.25, 0.3) is 0 Å². The lowest BCUT2D eigenvalue weighted by molar-refractivity contribution is 0.597. The van der Waals surface area contributed by atoms with E-state index in [0.717, 1.165) is 30.5 Å². The van der Waals surface area contributed by atoms with Gasteiger partial charge in [-0.2, -0.15) is 12.8 Å². The maximum absolute atomic E-state index is 12.7. The molecule has 24 heavy (non-hydrogen) atoms. The fraction of sp³-hybridized carbons (Fsp3) is 0.350. The van der Waals surface area contributed by atoms with Gasteiger partial charge >= 0.3 is 0 Å². The van der Waals surface area contributed by atoms with E-state index in [0.29, 0.717) is 6.42 Å². The van der Waals surface area contributed by atoms with E-state index in [2.05, 4.69) is 23.5 Å². The number of benzene rings is 2. The number of sulfonamides is 1. The summed E-state index contributed by atoms with van der Waals surface area (Å²) >= 11 is 0. The van der Waals surface area contributed by atoms with Crippen LogP contribution in [0, 0.1) is 6.92 Å².